The van der Waals surface area contributed by atoms with Gasteiger partial charge in [0.25, 0.3) is 0 Å². The Hall–Kier alpha value is -0.570. The van der Waals surface area contributed by atoms with Gasteiger partial charge in [-0.1, -0.05) is 26.7 Å². The predicted octanol–water partition coefficient (Wildman–Crippen LogP) is 2.40. The van der Waals surface area contributed by atoms with Gasteiger partial charge >= 0.3 is 0 Å². The molecule has 0 radical (unpaired) electrons. The molecule has 0 heterocycles. The van der Waals surface area contributed by atoms with Crippen molar-refractivity contribution in [3.8, 4) is 0 Å². The Bertz CT molecular complexity index is 242. The second kappa shape index (κ2) is 7.00. The van der Waals surface area contributed by atoms with Crippen molar-refractivity contribution in [3.63, 3.8) is 0 Å². The zero-order chi connectivity index (χ0) is 12.8. The monoisotopic (exact) mass is 240 g/mol. The van der Waals surface area contributed by atoms with Crippen LogP contribution in [0.3, 0.4) is 0 Å². The van der Waals surface area contributed by atoms with Crippen LogP contribution in [0, 0.1) is 11.8 Å². The quantitative estimate of drug-likeness (QED) is 0.775. The molecular formula is C14H28N2O. The fourth-order valence-corrected chi connectivity index (χ4v) is 3.10. The third-order valence-corrected chi connectivity index (χ3v) is 4.09. The predicted molar refractivity (Wildman–Crippen MR) is 71.6 cm³/mol. The van der Waals surface area contributed by atoms with E-state index in [2.05, 4.69) is 25.7 Å². The third-order valence-electron chi connectivity index (χ3n) is 4.09. The van der Waals surface area contributed by atoms with Gasteiger partial charge in [-0.15, -0.1) is 0 Å². The molecule has 1 fully saturated rings. The van der Waals surface area contributed by atoms with E-state index in [1.165, 1.54) is 12.8 Å². The minimum absolute atomic E-state index is 0.166. The first-order valence-corrected chi connectivity index (χ1v) is 7.16. The van der Waals surface area contributed by atoms with Gasteiger partial charge in [0.15, 0.2) is 0 Å². The molecule has 0 bridgehead atoms. The summed E-state index contributed by atoms with van der Waals surface area (Å²) in [5, 5.41) is 0. The first-order valence-electron chi connectivity index (χ1n) is 7.16. The van der Waals surface area contributed by atoms with Gasteiger partial charge in [0, 0.05) is 18.5 Å². The molecule has 1 aliphatic rings. The summed E-state index contributed by atoms with van der Waals surface area (Å²) >= 11 is 0. The van der Waals surface area contributed by atoms with E-state index in [4.69, 9.17) is 5.73 Å². The van der Waals surface area contributed by atoms with Crippen LogP contribution in [-0.4, -0.2) is 29.9 Å². The van der Waals surface area contributed by atoms with Crippen LogP contribution in [0.2, 0.25) is 0 Å². The van der Waals surface area contributed by atoms with E-state index in [0.29, 0.717) is 17.9 Å². The van der Waals surface area contributed by atoms with Crippen molar-refractivity contribution in [1.29, 1.82) is 0 Å². The molecule has 3 heteroatoms. The number of rotatable bonds is 6. The van der Waals surface area contributed by atoms with E-state index < -0.39 is 0 Å². The zero-order valence-electron chi connectivity index (χ0n) is 11.6. The molecule has 3 unspecified atom stereocenters. The molecule has 0 spiro atoms. The SMILES string of the molecule is CCCC(C)C(=O)N(CC)C1CCCC1CN. The maximum absolute atomic E-state index is 12.4. The van der Waals surface area contributed by atoms with Gasteiger partial charge in [0.2, 0.25) is 5.91 Å². The maximum atomic E-state index is 12.4. The van der Waals surface area contributed by atoms with Crippen LogP contribution in [-0.2, 0) is 4.79 Å². The summed E-state index contributed by atoms with van der Waals surface area (Å²) in [5.41, 5.74) is 5.81. The average Bonchev–Trinajstić information content (AvgIpc) is 2.78. The van der Waals surface area contributed by atoms with Crippen LogP contribution in [0.4, 0.5) is 0 Å². The number of nitrogens with two attached hydrogens (primary N) is 1. The normalized spacial score (nSPS) is 25.9. The van der Waals surface area contributed by atoms with Gasteiger partial charge in [-0.05, 0) is 38.6 Å². The molecule has 0 aromatic rings. The highest BCUT2D eigenvalue weighted by Crippen LogP contribution is 2.30. The minimum atomic E-state index is 0.166. The molecule has 0 saturated heterocycles. The van der Waals surface area contributed by atoms with Crippen molar-refractivity contribution < 1.29 is 4.79 Å². The molecule has 3 nitrogen and oxygen atoms in total. The summed E-state index contributed by atoms with van der Waals surface area (Å²) in [4.78, 5) is 14.5. The van der Waals surface area contributed by atoms with Crippen molar-refractivity contribution in [1.82, 2.24) is 4.90 Å². The Morgan fingerprint density at radius 2 is 2.12 bits per heavy atom. The molecule has 2 N–H and O–H groups in total. The average molecular weight is 240 g/mol. The van der Waals surface area contributed by atoms with Crippen molar-refractivity contribution in [2.75, 3.05) is 13.1 Å². The Morgan fingerprint density at radius 3 is 2.65 bits per heavy atom. The lowest BCUT2D eigenvalue weighted by Gasteiger charge is -2.33. The van der Waals surface area contributed by atoms with Gasteiger partial charge < -0.3 is 10.6 Å². The van der Waals surface area contributed by atoms with Crippen molar-refractivity contribution >= 4 is 5.91 Å². The summed E-state index contributed by atoms with van der Waals surface area (Å²) in [5.74, 6) is 1.02. The highest BCUT2D eigenvalue weighted by molar-refractivity contribution is 5.78. The highest BCUT2D eigenvalue weighted by Gasteiger charge is 2.34. The molecule has 1 amide bonds. The summed E-state index contributed by atoms with van der Waals surface area (Å²) in [6.07, 6.45) is 5.62. The van der Waals surface area contributed by atoms with Crippen LogP contribution in [0.5, 0.6) is 0 Å². The Morgan fingerprint density at radius 1 is 1.41 bits per heavy atom. The van der Waals surface area contributed by atoms with Crippen LogP contribution in [0.25, 0.3) is 0 Å². The molecule has 1 saturated carbocycles. The molecule has 0 aliphatic heterocycles. The van der Waals surface area contributed by atoms with Gasteiger partial charge in [-0.3, -0.25) is 4.79 Å². The van der Waals surface area contributed by atoms with E-state index >= 15 is 0 Å². The molecule has 0 aromatic carbocycles. The molecular weight excluding hydrogens is 212 g/mol. The van der Waals surface area contributed by atoms with Crippen LogP contribution in [0.15, 0.2) is 0 Å². The lowest BCUT2D eigenvalue weighted by atomic mass is 9.98. The van der Waals surface area contributed by atoms with Gasteiger partial charge in [0.05, 0.1) is 0 Å². The van der Waals surface area contributed by atoms with Crippen molar-refractivity contribution in [2.24, 2.45) is 17.6 Å². The fourth-order valence-electron chi connectivity index (χ4n) is 3.10. The number of amides is 1. The smallest absolute Gasteiger partial charge is 0.225 e. The molecule has 100 valence electrons. The first-order chi connectivity index (χ1) is 8.15. The van der Waals surface area contributed by atoms with Crippen LogP contribution < -0.4 is 5.73 Å². The molecule has 0 aromatic heterocycles. The van der Waals surface area contributed by atoms with Crippen molar-refractivity contribution in [2.45, 2.75) is 58.9 Å². The summed E-state index contributed by atoms with van der Waals surface area (Å²) in [7, 11) is 0. The highest BCUT2D eigenvalue weighted by atomic mass is 16.2. The molecule has 1 rings (SSSR count). The fraction of sp³-hybridized carbons (Fsp3) is 0.929. The lowest BCUT2D eigenvalue weighted by Crippen LogP contribution is -2.46. The zero-order valence-corrected chi connectivity index (χ0v) is 11.6. The van der Waals surface area contributed by atoms with Crippen LogP contribution >= 0.6 is 0 Å². The number of nitrogens with zero attached hydrogens (tertiary/aromatic N) is 1. The minimum Gasteiger partial charge on any atom is -0.339 e. The van der Waals surface area contributed by atoms with Crippen molar-refractivity contribution in [3.05, 3.63) is 0 Å². The molecule has 3 atom stereocenters. The van der Waals surface area contributed by atoms with E-state index in [0.717, 1.165) is 32.4 Å². The Labute approximate surface area is 106 Å². The number of carbonyl (C=O) groups excluding carboxylic acids is 1. The van der Waals surface area contributed by atoms with E-state index in [-0.39, 0.29) is 5.92 Å². The topological polar surface area (TPSA) is 46.3 Å². The lowest BCUT2D eigenvalue weighted by molar-refractivity contribution is -0.138. The van der Waals surface area contributed by atoms with Gasteiger partial charge in [-0.2, -0.15) is 0 Å². The second-order valence-electron chi connectivity index (χ2n) is 5.31. The standard InChI is InChI=1S/C14H28N2O/c1-4-7-11(3)14(17)16(5-2)13-9-6-8-12(13)10-15/h11-13H,4-10,15H2,1-3H3. The molecule has 1 aliphatic carbocycles. The summed E-state index contributed by atoms with van der Waals surface area (Å²) in [6.45, 7) is 7.83. The largest absolute Gasteiger partial charge is 0.339 e. The third kappa shape index (κ3) is 3.44. The number of carbonyl (C=O) groups is 1. The summed E-state index contributed by atoms with van der Waals surface area (Å²) in [6, 6.07) is 0.400. The second-order valence-corrected chi connectivity index (χ2v) is 5.31. The van der Waals surface area contributed by atoms with Gasteiger partial charge in [-0.25, -0.2) is 0 Å². The van der Waals surface area contributed by atoms with Crippen LogP contribution in [0.1, 0.15) is 52.9 Å². The van der Waals surface area contributed by atoms with Gasteiger partial charge in [0.1, 0.15) is 0 Å². The Kier molecular flexibility index (Phi) is 5.96. The van der Waals surface area contributed by atoms with E-state index in [9.17, 15) is 4.79 Å². The maximum Gasteiger partial charge on any atom is 0.225 e. The van der Waals surface area contributed by atoms with E-state index in [1.807, 2.05) is 0 Å². The van der Waals surface area contributed by atoms with E-state index in [1.54, 1.807) is 0 Å². The Balaban J connectivity index is 2.66. The number of hydrogen-bond acceptors (Lipinski definition) is 2. The summed E-state index contributed by atoms with van der Waals surface area (Å²) < 4.78 is 0. The first kappa shape index (κ1) is 14.5. The number of hydrogen-bond donors (Lipinski definition) is 1. The molecule has 17 heavy (non-hydrogen) atoms.